The van der Waals surface area contributed by atoms with E-state index in [1.165, 1.54) is 12.8 Å². The molecule has 122 valence electrons. The average molecular weight is 321 g/mol. The Kier molecular flexibility index (Phi) is 3.34. The van der Waals surface area contributed by atoms with Gasteiger partial charge in [0.15, 0.2) is 5.69 Å². The lowest BCUT2D eigenvalue weighted by molar-refractivity contribution is -0.145. The van der Waals surface area contributed by atoms with Crippen molar-refractivity contribution in [2.45, 2.75) is 44.7 Å². The summed E-state index contributed by atoms with van der Waals surface area (Å²) in [5, 5.41) is 0. The van der Waals surface area contributed by atoms with Crippen LogP contribution >= 0.6 is 0 Å². The molecule has 2 aliphatic rings. The second-order valence-corrected chi connectivity index (χ2v) is 6.30. The molecule has 0 aromatic carbocycles. The van der Waals surface area contributed by atoms with Gasteiger partial charge in [-0.25, -0.2) is 9.97 Å². The minimum absolute atomic E-state index is 0.0239. The third-order valence-electron chi connectivity index (χ3n) is 4.55. The Balaban J connectivity index is 1.90. The van der Waals surface area contributed by atoms with Gasteiger partial charge >= 0.3 is 6.18 Å². The van der Waals surface area contributed by atoms with Crippen molar-refractivity contribution >= 4 is 5.82 Å². The Morgan fingerprint density at radius 1 is 1.00 bits per heavy atom. The quantitative estimate of drug-likeness (QED) is 0.771. The Bertz CT molecular complexity index is 565. The van der Waals surface area contributed by atoms with Crippen LogP contribution in [0.3, 0.4) is 0 Å². The van der Waals surface area contributed by atoms with E-state index < -0.39 is 23.5 Å². The van der Waals surface area contributed by atoms with E-state index in [1.54, 1.807) is 4.90 Å². The number of aromatic nitrogens is 2. The predicted octanol–water partition coefficient (Wildman–Crippen LogP) is 3.99. The molecule has 2 fully saturated rings. The molecule has 22 heavy (non-hydrogen) atoms. The zero-order chi connectivity index (χ0) is 16.2. The van der Waals surface area contributed by atoms with Gasteiger partial charge in [-0.3, -0.25) is 0 Å². The summed E-state index contributed by atoms with van der Waals surface area (Å²) in [7, 11) is 0. The summed E-state index contributed by atoms with van der Waals surface area (Å²) in [6.07, 6.45) is 0.213. The molecule has 1 aliphatic carbocycles. The predicted molar refractivity (Wildman–Crippen MR) is 69.7 cm³/mol. The van der Waals surface area contributed by atoms with Gasteiger partial charge in [0.1, 0.15) is 11.5 Å². The van der Waals surface area contributed by atoms with Crippen LogP contribution in [0.1, 0.15) is 44.0 Å². The summed E-state index contributed by atoms with van der Waals surface area (Å²) in [6, 6.07) is 0. The molecule has 0 atom stereocenters. The Hall–Kier alpha value is -1.47. The van der Waals surface area contributed by atoms with E-state index in [0.29, 0.717) is 25.4 Å². The fourth-order valence-corrected chi connectivity index (χ4v) is 2.94. The van der Waals surface area contributed by atoms with Crippen LogP contribution in [0.5, 0.6) is 0 Å². The normalized spacial score (nSPS) is 21.3. The summed E-state index contributed by atoms with van der Waals surface area (Å²) in [5.74, 6) is -3.66. The Labute approximate surface area is 124 Å². The highest BCUT2D eigenvalue weighted by Gasteiger charge is 2.46. The zero-order valence-electron chi connectivity index (χ0n) is 12.1. The molecule has 1 aromatic heterocycles. The summed E-state index contributed by atoms with van der Waals surface area (Å²) in [6.45, 7) is 1.57. The van der Waals surface area contributed by atoms with Crippen LogP contribution in [0.2, 0.25) is 0 Å². The molecule has 1 aromatic rings. The molecular formula is C14H16F5N3. The first kappa shape index (κ1) is 15.4. The molecule has 0 radical (unpaired) electrons. The first-order valence-corrected chi connectivity index (χ1v) is 7.18. The van der Waals surface area contributed by atoms with Gasteiger partial charge in [-0.1, -0.05) is 0 Å². The molecule has 0 unspecified atom stereocenters. The molecule has 3 nitrogen and oxygen atoms in total. The Morgan fingerprint density at radius 2 is 1.59 bits per heavy atom. The van der Waals surface area contributed by atoms with Gasteiger partial charge < -0.3 is 4.90 Å². The van der Waals surface area contributed by atoms with E-state index in [4.69, 9.17) is 0 Å². The fraction of sp³-hybridized carbons (Fsp3) is 0.714. The smallest absolute Gasteiger partial charge is 0.355 e. The number of alkyl halides is 5. The average Bonchev–Trinajstić information content (AvgIpc) is 3.16. The van der Waals surface area contributed by atoms with Crippen LogP contribution in [0.25, 0.3) is 0 Å². The van der Waals surface area contributed by atoms with Gasteiger partial charge in [0.25, 0.3) is 5.92 Å². The first-order chi connectivity index (χ1) is 10.1. The molecule has 1 aliphatic heterocycles. The molecule has 8 heteroatoms. The third-order valence-corrected chi connectivity index (χ3v) is 4.55. The molecule has 2 heterocycles. The molecule has 3 rings (SSSR count). The lowest BCUT2D eigenvalue weighted by Crippen LogP contribution is -2.36. The van der Waals surface area contributed by atoms with Gasteiger partial charge in [-0.2, -0.15) is 22.0 Å². The number of hydrogen-bond acceptors (Lipinski definition) is 3. The van der Waals surface area contributed by atoms with Crippen molar-refractivity contribution in [3.63, 3.8) is 0 Å². The van der Waals surface area contributed by atoms with Crippen molar-refractivity contribution in [2.75, 3.05) is 18.0 Å². The van der Waals surface area contributed by atoms with Crippen molar-refractivity contribution in [1.29, 1.82) is 0 Å². The number of anilines is 1. The second-order valence-electron chi connectivity index (χ2n) is 6.30. The van der Waals surface area contributed by atoms with Crippen molar-refractivity contribution in [3.05, 3.63) is 17.6 Å². The van der Waals surface area contributed by atoms with Crippen molar-refractivity contribution in [1.82, 2.24) is 9.97 Å². The molecular weight excluding hydrogens is 305 g/mol. The van der Waals surface area contributed by atoms with Gasteiger partial charge in [0.2, 0.25) is 0 Å². The van der Waals surface area contributed by atoms with Gasteiger partial charge in [0, 0.05) is 20.0 Å². The third kappa shape index (κ3) is 2.87. The van der Waals surface area contributed by atoms with E-state index in [-0.39, 0.29) is 5.82 Å². The molecule has 0 amide bonds. The van der Waals surface area contributed by atoms with Crippen LogP contribution in [0.15, 0.2) is 6.20 Å². The largest absolute Gasteiger partial charge is 0.435 e. The molecule has 1 saturated carbocycles. The maximum Gasteiger partial charge on any atom is 0.435 e. The van der Waals surface area contributed by atoms with E-state index in [9.17, 15) is 22.0 Å². The maximum atomic E-state index is 13.3. The van der Waals surface area contributed by atoms with Gasteiger partial charge in [0.05, 0.1) is 6.20 Å². The van der Waals surface area contributed by atoms with E-state index >= 15 is 0 Å². The molecule has 1 saturated heterocycles. The monoisotopic (exact) mass is 321 g/mol. The van der Waals surface area contributed by atoms with Crippen LogP contribution in [-0.2, 0) is 12.1 Å². The highest BCUT2D eigenvalue weighted by Crippen LogP contribution is 2.53. The van der Waals surface area contributed by atoms with Crippen molar-refractivity contribution in [2.24, 2.45) is 5.41 Å². The topological polar surface area (TPSA) is 29.0 Å². The molecule has 0 bridgehead atoms. The lowest BCUT2D eigenvalue weighted by atomic mass is 9.94. The highest BCUT2D eigenvalue weighted by atomic mass is 19.4. The number of hydrogen-bond donors (Lipinski definition) is 0. The molecule has 0 N–H and O–H groups in total. The number of nitrogens with zero attached hydrogens (tertiary/aromatic N) is 3. The number of halogens is 5. The zero-order valence-corrected chi connectivity index (χ0v) is 12.1. The van der Waals surface area contributed by atoms with Crippen LogP contribution in [-0.4, -0.2) is 23.1 Å². The van der Waals surface area contributed by atoms with Crippen molar-refractivity contribution < 1.29 is 22.0 Å². The van der Waals surface area contributed by atoms with Gasteiger partial charge in [-0.15, -0.1) is 0 Å². The highest BCUT2D eigenvalue weighted by molar-refractivity contribution is 5.40. The summed E-state index contributed by atoms with van der Waals surface area (Å²) in [5.41, 5.74) is -2.55. The van der Waals surface area contributed by atoms with E-state index in [2.05, 4.69) is 9.97 Å². The second kappa shape index (κ2) is 4.76. The summed E-state index contributed by atoms with van der Waals surface area (Å²) < 4.78 is 65.6. The van der Waals surface area contributed by atoms with Crippen LogP contribution < -0.4 is 4.90 Å². The Morgan fingerprint density at radius 3 is 2.05 bits per heavy atom. The summed E-state index contributed by atoms with van der Waals surface area (Å²) >= 11 is 0. The minimum atomic E-state index is -4.95. The fourth-order valence-electron chi connectivity index (χ4n) is 2.94. The SMILES string of the molecule is CC(F)(F)c1ncc(N2CCC3(CC2)CC3)nc1C(F)(F)F. The maximum absolute atomic E-state index is 13.3. The lowest BCUT2D eigenvalue weighted by Gasteiger charge is -2.33. The standard InChI is InChI=1S/C14H16F5N3/c1-12(15,16)10-11(14(17,18)19)21-9(8-20-10)22-6-4-13(2-3-13)5-7-22/h8H,2-7H2,1H3. The first-order valence-electron chi connectivity index (χ1n) is 7.18. The number of rotatable bonds is 2. The molecule has 1 spiro atoms. The van der Waals surface area contributed by atoms with E-state index in [0.717, 1.165) is 19.0 Å². The summed E-state index contributed by atoms with van der Waals surface area (Å²) in [4.78, 5) is 8.53. The van der Waals surface area contributed by atoms with Crippen molar-refractivity contribution in [3.8, 4) is 0 Å². The minimum Gasteiger partial charge on any atom is -0.355 e. The van der Waals surface area contributed by atoms with Crippen LogP contribution in [0.4, 0.5) is 27.8 Å². The van der Waals surface area contributed by atoms with E-state index in [1.807, 2.05) is 0 Å². The van der Waals surface area contributed by atoms with Crippen LogP contribution in [0, 0.1) is 5.41 Å². The van der Waals surface area contributed by atoms with Gasteiger partial charge in [-0.05, 0) is 31.1 Å². The number of piperidine rings is 1.